The van der Waals surface area contributed by atoms with Gasteiger partial charge in [-0.1, -0.05) is 140 Å². The molecule has 0 N–H and O–H groups in total. The Morgan fingerprint density at radius 3 is 1.49 bits per heavy atom. The van der Waals surface area contributed by atoms with E-state index in [-0.39, 0.29) is 0 Å². The maximum Gasteiger partial charge on any atom is 0.164 e. The molecule has 9 aromatic rings. The molecule has 0 unspecified atom stereocenters. The van der Waals surface area contributed by atoms with E-state index >= 15 is 0 Å². The molecule has 7 aromatic carbocycles. The van der Waals surface area contributed by atoms with Crippen molar-refractivity contribution in [3.05, 3.63) is 176 Å². The summed E-state index contributed by atoms with van der Waals surface area (Å²) < 4.78 is 6.36. The fourth-order valence-electron chi connectivity index (χ4n) is 6.50. The van der Waals surface area contributed by atoms with Gasteiger partial charge < -0.3 is 4.42 Å². The van der Waals surface area contributed by atoms with E-state index in [0.717, 1.165) is 72.0 Å². The molecule has 0 bridgehead atoms. The number of aromatic nitrogens is 3. The monoisotopic (exact) mass is 627 g/mol. The number of rotatable bonds is 6. The zero-order valence-electron chi connectivity index (χ0n) is 26.5. The Hall–Kier alpha value is -6.65. The Balaban J connectivity index is 1.22. The average Bonchev–Trinajstić information content (AvgIpc) is 3.56. The van der Waals surface area contributed by atoms with Gasteiger partial charge in [0.05, 0.1) is 0 Å². The highest BCUT2D eigenvalue weighted by Gasteiger charge is 2.17. The van der Waals surface area contributed by atoms with Gasteiger partial charge in [0.2, 0.25) is 0 Å². The molecule has 2 aromatic heterocycles. The van der Waals surface area contributed by atoms with Gasteiger partial charge in [0, 0.05) is 27.5 Å². The first-order valence-electron chi connectivity index (χ1n) is 16.4. The van der Waals surface area contributed by atoms with Crippen molar-refractivity contribution in [2.45, 2.75) is 0 Å². The van der Waals surface area contributed by atoms with Crippen molar-refractivity contribution in [2.24, 2.45) is 0 Å². The lowest BCUT2D eigenvalue weighted by Crippen LogP contribution is -2.01. The molecule has 4 heteroatoms. The van der Waals surface area contributed by atoms with Crippen LogP contribution in [-0.4, -0.2) is 15.0 Å². The van der Waals surface area contributed by atoms with Gasteiger partial charge in [-0.05, 0) is 69.8 Å². The second-order valence-corrected chi connectivity index (χ2v) is 12.1. The van der Waals surface area contributed by atoms with Gasteiger partial charge in [-0.2, -0.15) is 0 Å². The van der Waals surface area contributed by atoms with Crippen LogP contribution in [0.1, 0.15) is 0 Å². The minimum absolute atomic E-state index is 0.602. The molecule has 0 saturated carbocycles. The molecule has 0 spiro atoms. The lowest BCUT2D eigenvalue weighted by molar-refractivity contribution is 0.669. The molecule has 2 heterocycles. The van der Waals surface area contributed by atoms with Gasteiger partial charge in [-0.25, -0.2) is 15.0 Å². The van der Waals surface area contributed by atoms with Gasteiger partial charge in [-0.3, -0.25) is 0 Å². The summed E-state index contributed by atoms with van der Waals surface area (Å²) in [5.74, 6) is 1.84. The predicted molar refractivity (Wildman–Crippen MR) is 200 cm³/mol. The highest BCUT2D eigenvalue weighted by atomic mass is 16.3. The molecule has 0 amide bonds. The first-order chi connectivity index (χ1) is 24.3. The van der Waals surface area contributed by atoms with Crippen LogP contribution in [0.3, 0.4) is 0 Å². The first kappa shape index (κ1) is 28.6. The van der Waals surface area contributed by atoms with Crippen LogP contribution in [0.2, 0.25) is 0 Å². The Morgan fingerprint density at radius 1 is 0.286 bits per heavy atom. The third-order valence-electron chi connectivity index (χ3n) is 8.95. The third kappa shape index (κ3) is 5.45. The Bertz CT molecular complexity index is 2590. The number of hydrogen-bond acceptors (Lipinski definition) is 4. The molecular weight excluding hydrogens is 599 g/mol. The van der Waals surface area contributed by atoms with Crippen molar-refractivity contribution < 1.29 is 4.42 Å². The summed E-state index contributed by atoms with van der Waals surface area (Å²) in [4.78, 5) is 15.4. The van der Waals surface area contributed by atoms with E-state index in [0.29, 0.717) is 17.5 Å². The molecule has 4 nitrogen and oxygen atoms in total. The van der Waals surface area contributed by atoms with Crippen LogP contribution in [0.25, 0.3) is 89.5 Å². The first-order valence-corrected chi connectivity index (χ1v) is 16.4. The molecule has 0 fully saturated rings. The van der Waals surface area contributed by atoms with Gasteiger partial charge >= 0.3 is 0 Å². The minimum atomic E-state index is 0.602. The molecule has 0 atom stereocenters. The van der Waals surface area contributed by atoms with Gasteiger partial charge in [0.15, 0.2) is 17.5 Å². The van der Waals surface area contributed by atoms with Gasteiger partial charge in [0.1, 0.15) is 11.2 Å². The molecule has 0 saturated heterocycles. The van der Waals surface area contributed by atoms with Crippen LogP contribution in [0.5, 0.6) is 0 Å². The zero-order chi connectivity index (χ0) is 32.6. The van der Waals surface area contributed by atoms with Gasteiger partial charge in [0.25, 0.3) is 0 Å². The molecule has 0 radical (unpaired) electrons. The standard InChI is InChI=1S/C45H29N3O/c1-4-13-30(14-5-1)33-19-12-20-35(27-33)43-46-44(48-45(47-43)39-22-11-10-21-37(39)32-17-8-3-9-18-32)36-24-26-41-40(28-36)38-25-23-34(29-42(38)49-41)31-15-6-2-7-16-31/h1-29H. The van der Waals surface area contributed by atoms with E-state index in [2.05, 4.69) is 140 Å². The normalized spacial score (nSPS) is 11.3. The minimum Gasteiger partial charge on any atom is -0.456 e. The zero-order valence-corrected chi connectivity index (χ0v) is 26.5. The fourth-order valence-corrected chi connectivity index (χ4v) is 6.50. The highest BCUT2D eigenvalue weighted by molar-refractivity contribution is 6.07. The maximum atomic E-state index is 6.36. The molecule has 49 heavy (non-hydrogen) atoms. The Morgan fingerprint density at radius 2 is 0.796 bits per heavy atom. The Kier molecular flexibility index (Phi) is 7.10. The number of nitrogens with zero attached hydrogens (tertiary/aromatic N) is 3. The van der Waals surface area contributed by atoms with E-state index in [9.17, 15) is 0 Å². The lowest BCUT2D eigenvalue weighted by atomic mass is 9.99. The van der Waals surface area contributed by atoms with E-state index in [4.69, 9.17) is 19.4 Å². The second-order valence-electron chi connectivity index (χ2n) is 12.1. The second kappa shape index (κ2) is 12.2. The summed E-state index contributed by atoms with van der Waals surface area (Å²) in [5, 5.41) is 2.07. The quantitative estimate of drug-likeness (QED) is 0.184. The van der Waals surface area contributed by atoms with Gasteiger partial charge in [-0.15, -0.1) is 0 Å². The van der Waals surface area contributed by atoms with E-state index in [1.807, 2.05) is 36.4 Å². The van der Waals surface area contributed by atoms with Crippen LogP contribution in [0.4, 0.5) is 0 Å². The van der Waals surface area contributed by atoms with Crippen molar-refractivity contribution in [3.63, 3.8) is 0 Å². The van der Waals surface area contributed by atoms with E-state index in [1.54, 1.807) is 0 Å². The molecule has 0 aliphatic rings. The van der Waals surface area contributed by atoms with Crippen LogP contribution in [0.15, 0.2) is 180 Å². The van der Waals surface area contributed by atoms with Crippen LogP contribution in [-0.2, 0) is 0 Å². The summed E-state index contributed by atoms with van der Waals surface area (Å²) in [6, 6.07) is 60.4. The Labute approximate surface area is 284 Å². The number of fused-ring (bicyclic) bond motifs is 3. The lowest BCUT2D eigenvalue weighted by Gasteiger charge is -2.12. The largest absolute Gasteiger partial charge is 0.456 e. The highest BCUT2D eigenvalue weighted by Crippen LogP contribution is 2.36. The maximum absolute atomic E-state index is 6.36. The van der Waals surface area contributed by atoms with Crippen LogP contribution < -0.4 is 0 Å². The van der Waals surface area contributed by atoms with Crippen LogP contribution >= 0.6 is 0 Å². The summed E-state index contributed by atoms with van der Waals surface area (Å²) in [7, 11) is 0. The van der Waals surface area contributed by atoms with Crippen molar-refractivity contribution in [1.29, 1.82) is 0 Å². The van der Waals surface area contributed by atoms with E-state index < -0.39 is 0 Å². The summed E-state index contributed by atoms with van der Waals surface area (Å²) >= 11 is 0. The predicted octanol–water partition coefficient (Wildman–Crippen LogP) is 11.8. The molecule has 9 rings (SSSR count). The molecule has 0 aliphatic carbocycles. The topological polar surface area (TPSA) is 51.8 Å². The van der Waals surface area contributed by atoms with Crippen molar-refractivity contribution >= 4 is 21.9 Å². The van der Waals surface area contributed by atoms with E-state index in [1.165, 1.54) is 0 Å². The van der Waals surface area contributed by atoms with Crippen molar-refractivity contribution in [2.75, 3.05) is 0 Å². The van der Waals surface area contributed by atoms with Crippen LogP contribution in [0, 0.1) is 0 Å². The number of hydrogen-bond donors (Lipinski definition) is 0. The average molecular weight is 628 g/mol. The smallest absolute Gasteiger partial charge is 0.164 e. The molecule has 230 valence electrons. The SMILES string of the molecule is c1ccc(-c2cccc(-c3nc(-c4ccc5oc6cc(-c7ccccc7)ccc6c5c4)nc(-c4ccccc4-c4ccccc4)n3)c2)cc1. The fraction of sp³-hybridized carbons (Fsp3) is 0. The summed E-state index contributed by atoms with van der Waals surface area (Å²) in [6.45, 7) is 0. The van der Waals surface area contributed by atoms with Crippen molar-refractivity contribution in [1.82, 2.24) is 15.0 Å². The summed E-state index contributed by atoms with van der Waals surface area (Å²) in [5.41, 5.74) is 11.1. The number of benzene rings is 7. The number of furan rings is 1. The summed E-state index contributed by atoms with van der Waals surface area (Å²) in [6.07, 6.45) is 0. The molecular formula is C45H29N3O. The van der Waals surface area contributed by atoms with Crippen molar-refractivity contribution in [3.8, 4) is 67.5 Å². The molecule has 0 aliphatic heterocycles. The third-order valence-corrected chi connectivity index (χ3v) is 8.95.